The van der Waals surface area contributed by atoms with Crippen molar-refractivity contribution in [2.45, 2.75) is 35.6 Å². The minimum Gasteiger partial charge on any atom is -0.743 e. The average molecular weight is 589 g/mol. The Kier molecular flexibility index (Phi) is 9.69. The first-order valence-corrected chi connectivity index (χ1v) is 13.0. The van der Waals surface area contributed by atoms with E-state index in [1.807, 2.05) is 0 Å². The van der Waals surface area contributed by atoms with Crippen molar-refractivity contribution in [3.05, 3.63) is 42.0 Å². The monoisotopic (exact) mass is 588 g/mol. The van der Waals surface area contributed by atoms with Gasteiger partial charge in [-0.2, -0.15) is 39.5 Å². The summed E-state index contributed by atoms with van der Waals surface area (Å²) in [6.07, 6.45) is -5.89. The van der Waals surface area contributed by atoms with E-state index in [9.17, 15) is 52.5 Å². The SMILES string of the molecule is COCCOc1ccc2ccccc2c1C1CC[SH+]C1.O=S(=O)([O-])C(F)(F)C(F)(F)C(F)(F)C(F)(F)F. The van der Waals surface area contributed by atoms with Gasteiger partial charge in [-0.05, 0) is 28.6 Å². The van der Waals surface area contributed by atoms with E-state index in [1.165, 1.54) is 34.3 Å². The summed E-state index contributed by atoms with van der Waals surface area (Å²) in [6, 6.07) is 12.9. The summed E-state index contributed by atoms with van der Waals surface area (Å²) < 4.78 is 146. The molecule has 0 aliphatic carbocycles. The number of hydrogen-bond donors (Lipinski definition) is 0. The minimum atomic E-state index is -7.43. The van der Waals surface area contributed by atoms with Gasteiger partial charge in [0.15, 0.2) is 10.1 Å². The average Bonchev–Trinajstić information content (AvgIpc) is 3.32. The van der Waals surface area contributed by atoms with E-state index < -0.39 is 33.4 Å². The zero-order valence-corrected chi connectivity index (χ0v) is 20.6. The maximum Gasteiger partial charge on any atom is 0.460 e. The van der Waals surface area contributed by atoms with Gasteiger partial charge in [-0.1, -0.05) is 30.3 Å². The quantitative estimate of drug-likeness (QED) is 0.141. The van der Waals surface area contributed by atoms with Gasteiger partial charge in [-0.15, -0.1) is 0 Å². The van der Waals surface area contributed by atoms with Crippen molar-refractivity contribution in [1.29, 1.82) is 0 Å². The van der Waals surface area contributed by atoms with Crippen molar-refractivity contribution in [2.75, 3.05) is 31.8 Å². The minimum absolute atomic E-state index is 0.617. The van der Waals surface area contributed by atoms with Crippen LogP contribution in [0.25, 0.3) is 10.8 Å². The molecule has 1 fully saturated rings. The fourth-order valence-electron chi connectivity index (χ4n) is 3.40. The first kappa shape index (κ1) is 31.3. The van der Waals surface area contributed by atoms with E-state index in [4.69, 9.17) is 9.47 Å². The maximum absolute atomic E-state index is 12.2. The number of alkyl halides is 9. The van der Waals surface area contributed by atoms with Crippen LogP contribution in [-0.2, 0) is 26.6 Å². The molecule has 210 valence electrons. The molecule has 0 saturated carbocycles. The maximum atomic E-state index is 12.2. The van der Waals surface area contributed by atoms with Gasteiger partial charge in [0.1, 0.15) is 23.9 Å². The topological polar surface area (TPSA) is 75.7 Å². The number of methoxy groups -OCH3 is 1. The second kappa shape index (κ2) is 11.5. The van der Waals surface area contributed by atoms with E-state index in [0.29, 0.717) is 19.1 Å². The highest BCUT2D eigenvalue weighted by molar-refractivity contribution is 7.86. The Labute approximate surface area is 210 Å². The second-order valence-corrected chi connectivity index (χ2v) is 10.5. The predicted molar refractivity (Wildman–Crippen MR) is 118 cm³/mol. The summed E-state index contributed by atoms with van der Waals surface area (Å²) in [5, 5.41) is -4.45. The van der Waals surface area contributed by atoms with Crippen molar-refractivity contribution in [1.82, 2.24) is 0 Å². The molecule has 1 saturated heterocycles. The molecule has 3 rings (SSSR count). The molecule has 1 aliphatic rings. The molecular weight excluding hydrogens is 567 g/mol. The molecule has 0 N–H and O–H groups in total. The Balaban J connectivity index is 0.000000265. The largest absolute Gasteiger partial charge is 0.743 e. The van der Waals surface area contributed by atoms with Crippen LogP contribution in [0.15, 0.2) is 36.4 Å². The van der Waals surface area contributed by atoms with Crippen LogP contribution < -0.4 is 4.74 Å². The van der Waals surface area contributed by atoms with Crippen LogP contribution >= 0.6 is 0 Å². The lowest BCUT2D eigenvalue weighted by Gasteiger charge is -2.34. The molecule has 2 aromatic rings. The summed E-state index contributed by atoms with van der Waals surface area (Å²) in [7, 11) is -5.71. The fraction of sp³-hybridized carbons (Fsp3) is 0.524. The van der Waals surface area contributed by atoms with Gasteiger partial charge in [0.2, 0.25) is 0 Å². The lowest BCUT2D eigenvalue weighted by atomic mass is 9.92. The third kappa shape index (κ3) is 6.40. The molecule has 0 amide bonds. The molecule has 2 aromatic carbocycles. The van der Waals surface area contributed by atoms with E-state index >= 15 is 0 Å². The molecule has 1 heterocycles. The molecular formula is C21H21F9O5S2. The summed E-state index contributed by atoms with van der Waals surface area (Å²) in [5.74, 6) is -10.6. The second-order valence-electron chi connectivity index (χ2n) is 7.77. The highest BCUT2D eigenvalue weighted by atomic mass is 32.2. The van der Waals surface area contributed by atoms with E-state index in [-0.39, 0.29) is 0 Å². The number of rotatable bonds is 8. The molecule has 37 heavy (non-hydrogen) atoms. The Morgan fingerprint density at radius 1 is 0.946 bits per heavy atom. The Morgan fingerprint density at radius 2 is 1.57 bits per heavy atom. The molecule has 1 atom stereocenters. The van der Waals surface area contributed by atoms with Gasteiger partial charge in [0, 0.05) is 25.0 Å². The normalized spacial score (nSPS) is 17.4. The van der Waals surface area contributed by atoms with Crippen LogP contribution in [0.4, 0.5) is 39.5 Å². The first-order valence-electron chi connectivity index (χ1n) is 10.3. The lowest BCUT2D eigenvalue weighted by molar-refractivity contribution is -0.382. The van der Waals surface area contributed by atoms with Crippen molar-refractivity contribution in [3.63, 3.8) is 0 Å². The summed E-state index contributed by atoms with van der Waals surface area (Å²) in [4.78, 5) is 0. The highest BCUT2D eigenvalue weighted by Crippen LogP contribution is 2.54. The van der Waals surface area contributed by atoms with Crippen LogP contribution in [0, 0.1) is 0 Å². The van der Waals surface area contributed by atoms with Crippen molar-refractivity contribution >= 4 is 32.7 Å². The number of benzene rings is 2. The van der Waals surface area contributed by atoms with Crippen LogP contribution in [0.2, 0.25) is 0 Å². The predicted octanol–water partition coefficient (Wildman–Crippen LogP) is 5.12. The zero-order valence-electron chi connectivity index (χ0n) is 18.9. The smallest absolute Gasteiger partial charge is 0.460 e. The molecule has 0 bridgehead atoms. The molecule has 1 unspecified atom stereocenters. The molecule has 0 spiro atoms. The molecule has 1 aliphatic heterocycles. The Hall–Kier alpha value is -1.91. The summed E-state index contributed by atoms with van der Waals surface area (Å²) >= 11 is 1.57. The van der Waals surface area contributed by atoms with Gasteiger partial charge >= 0.3 is 23.3 Å². The third-order valence-corrected chi connectivity index (χ3v) is 7.46. The number of thiol groups is 1. The fourth-order valence-corrected chi connectivity index (χ4v) is 5.19. The number of hydrogen-bond acceptors (Lipinski definition) is 5. The Bertz CT molecular complexity index is 1160. The number of ether oxygens (including phenoxy) is 2. The van der Waals surface area contributed by atoms with Gasteiger partial charge < -0.3 is 14.0 Å². The standard InChI is InChI=1S/C17H20O2S.C4HF9O3S/c1-18-9-10-19-16-7-6-13-4-2-3-5-15(13)17(16)14-8-11-20-12-14;5-1(6,3(9,10)11)2(7,8)4(12,13)17(14,15)16/h2-7,14H,8-12H2,1H3;(H,14,15,16). The lowest BCUT2D eigenvalue weighted by Crippen LogP contribution is -2.63. The van der Waals surface area contributed by atoms with Crippen molar-refractivity contribution < 1.29 is 62.0 Å². The summed E-state index contributed by atoms with van der Waals surface area (Å²) in [5.41, 5.74) is 1.41. The van der Waals surface area contributed by atoms with Gasteiger partial charge in [0.25, 0.3) is 0 Å². The van der Waals surface area contributed by atoms with Crippen LogP contribution in [0.5, 0.6) is 5.75 Å². The van der Waals surface area contributed by atoms with E-state index in [0.717, 1.165) is 5.75 Å². The molecule has 16 heteroatoms. The Morgan fingerprint density at radius 3 is 2.08 bits per heavy atom. The third-order valence-electron chi connectivity index (χ3n) is 5.30. The van der Waals surface area contributed by atoms with Crippen LogP contribution in [0.3, 0.4) is 0 Å². The van der Waals surface area contributed by atoms with Crippen LogP contribution in [0.1, 0.15) is 17.9 Å². The summed E-state index contributed by atoms with van der Waals surface area (Å²) in [6.45, 7) is 1.25. The molecule has 0 radical (unpaired) electrons. The van der Waals surface area contributed by atoms with Crippen LogP contribution in [-0.4, -0.2) is 68.1 Å². The molecule has 0 aromatic heterocycles. The van der Waals surface area contributed by atoms with E-state index in [2.05, 4.69) is 36.4 Å². The first-order chi connectivity index (χ1) is 16.9. The van der Waals surface area contributed by atoms with Crippen molar-refractivity contribution in [2.24, 2.45) is 0 Å². The van der Waals surface area contributed by atoms with Gasteiger partial charge in [-0.3, -0.25) is 0 Å². The number of fused-ring (bicyclic) bond motifs is 1. The van der Waals surface area contributed by atoms with E-state index in [1.54, 1.807) is 18.9 Å². The highest BCUT2D eigenvalue weighted by Gasteiger charge is 2.83. The number of halogens is 9. The van der Waals surface area contributed by atoms with Gasteiger partial charge in [-0.25, -0.2) is 8.42 Å². The molecule has 5 nitrogen and oxygen atoms in total. The van der Waals surface area contributed by atoms with Crippen molar-refractivity contribution in [3.8, 4) is 5.75 Å². The zero-order chi connectivity index (χ0) is 28.3. The van der Waals surface area contributed by atoms with Gasteiger partial charge in [0.05, 0.1) is 6.61 Å².